The fourth-order valence-corrected chi connectivity index (χ4v) is 1.86. The maximum absolute atomic E-state index is 8.24. The van der Waals surface area contributed by atoms with Crippen molar-refractivity contribution in [2.45, 2.75) is 20.0 Å². The molecule has 0 aliphatic rings. The normalized spacial score (nSPS) is 10.6. The quantitative estimate of drug-likeness (QED) is 0.670. The zero-order chi connectivity index (χ0) is 14.7. The van der Waals surface area contributed by atoms with Crippen LogP contribution in [0.25, 0.3) is 0 Å². The van der Waals surface area contributed by atoms with Crippen LogP contribution in [0, 0.1) is 5.41 Å². The van der Waals surface area contributed by atoms with Gasteiger partial charge in [-0.15, -0.1) is 0 Å². The van der Waals surface area contributed by atoms with Crippen LogP contribution in [0.5, 0.6) is 5.88 Å². The van der Waals surface area contributed by atoms with Crippen LogP contribution in [-0.4, -0.2) is 21.8 Å². The van der Waals surface area contributed by atoms with Gasteiger partial charge in [-0.25, -0.2) is 9.97 Å². The number of nitrogens with zero attached hydrogens (tertiary/aromatic N) is 2. The number of nitrogens with two attached hydrogens (primary N) is 1. The zero-order valence-electron chi connectivity index (χ0n) is 11.2. The van der Waals surface area contributed by atoms with E-state index in [0.717, 1.165) is 0 Å². The number of nitrogens with one attached hydrogen (secondary N) is 1. The molecule has 104 valence electrons. The first-order valence-electron chi connectivity index (χ1n) is 6.10. The first-order valence-corrected chi connectivity index (χ1v) is 6.48. The largest absolute Gasteiger partial charge is 0.475 e. The minimum atomic E-state index is 0.00327. The van der Waals surface area contributed by atoms with Crippen molar-refractivity contribution in [3.05, 3.63) is 46.9 Å². The molecule has 2 aromatic heterocycles. The van der Waals surface area contributed by atoms with Gasteiger partial charge >= 0.3 is 0 Å². The molecule has 0 aromatic carbocycles. The number of rotatable bonds is 4. The smallest absolute Gasteiger partial charge is 0.214 e. The van der Waals surface area contributed by atoms with Gasteiger partial charge in [-0.3, -0.25) is 5.41 Å². The Morgan fingerprint density at radius 1 is 1.35 bits per heavy atom. The first kappa shape index (κ1) is 14.3. The fraction of sp³-hybridized carbons (Fsp3) is 0.214. The molecule has 0 fully saturated rings. The number of hydrogen-bond donors (Lipinski definition) is 2. The van der Waals surface area contributed by atoms with E-state index in [9.17, 15) is 0 Å². The van der Waals surface area contributed by atoms with Gasteiger partial charge in [0, 0.05) is 23.4 Å². The molecule has 0 aliphatic heterocycles. The molecule has 0 amide bonds. The summed E-state index contributed by atoms with van der Waals surface area (Å²) in [5, 5.41) is 8.57. The van der Waals surface area contributed by atoms with Crippen molar-refractivity contribution in [2.75, 3.05) is 5.73 Å². The molecule has 0 atom stereocenters. The van der Waals surface area contributed by atoms with Crippen molar-refractivity contribution < 1.29 is 4.74 Å². The number of aromatic nitrogens is 2. The molecule has 5 nitrogen and oxygen atoms in total. The lowest BCUT2D eigenvalue weighted by Gasteiger charge is -2.12. The van der Waals surface area contributed by atoms with Gasteiger partial charge in [0.25, 0.3) is 0 Å². The van der Waals surface area contributed by atoms with Crippen LogP contribution < -0.4 is 10.5 Å². The lowest BCUT2D eigenvalue weighted by atomic mass is 10.0. The fourth-order valence-electron chi connectivity index (χ4n) is 1.68. The Kier molecular flexibility index (Phi) is 4.20. The average Bonchev–Trinajstić information content (AvgIpc) is 2.39. The van der Waals surface area contributed by atoms with Crippen LogP contribution in [-0.2, 0) is 0 Å². The van der Waals surface area contributed by atoms with Crippen molar-refractivity contribution in [3.8, 4) is 5.88 Å². The van der Waals surface area contributed by atoms with Gasteiger partial charge in [-0.2, -0.15) is 0 Å². The molecular formula is C14H15ClN4O. The number of pyridine rings is 2. The predicted octanol–water partition coefficient (Wildman–Crippen LogP) is 2.92. The number of nitrogen functional groups attached to an aromatic ring is 1. The summed E-state index contributed by atoms with van der Waals surface area (Å²) in [5.74, 6) is 0.439. The first-order chi connectivity index (χ1) is 9.47. The maximum atomic E-state index is 8.24. The summed E-state index contributed by atoms with van der Waals surface area (Å²) in [6.45, 7) is 3.82. The van der Waals surface area contributed by atoms with Crippen LogP contribution in [0.4, 0.5) is 5.69 Å². The third-order valence-corrected chi connectivity index (χ3v) is 2.76. The van der Waals surface area contributed by atoms with Crippen LogP contribution in [0.2, 0.25) is 5.15 Å². The van der Waals surface area contributed by atoms with E-state index < -0.39 is 0 Å². The lowest BCUT2D eigenvalue weighted by Crippen LogP contribution is -2.10. The van der Waals surface area contributed by atoms with Crippen molar-refractivity contribution in [3.63, 3.8) is 0 Å². The number of hydrogen-bond acceptors (Lipinski definition) is 5. The third kappa shape index (κ3) is 3.24. The Labute approximate surface area is 122 Å². The molecule has 2 aromatic rings. The molecule has 6 heteroatoms. The van der Waals surface area contributed by atoms with Crippen LogP contribution in [0.3, 0.4) is 0 Å². The molecule has 0 unspecified atom stereocenters. The molecule has 0 spiro atoms. The molecule has 0 radical (unpaired) electrons. The Morgan fingerprint density at radius 3 is 2.75 bits per heavy atom. The minimum Gasteiger partial charge on any atom is -0.475 e. The average molecular weight is 291 g/mol. The van der Waals surface area contributed by atoms with Gasteiger partial charge in [0.15, 0.2) is 0 Å². The van der Waals surface area contributed by atoms with E-state index in [1.807, 2.05) is 13.8 Å². The molecule has 3 N–H and O–H groups in total. The van der Waals surface area contributed by atoms with Gasteiger partial charge in [-0.1, -0.05) is 11.6 Å². The predicted molar refractivity (Wildman–Crippen MR) is 79.6 cm³/mol. The Balaban J connectivity index is 2.38. The zero-order valence-corrected chi connectivity index (χ0v) is 12.0. The SMILES string of the molecule is CC(C)Oc1cc(C(=N)c2ccnc(Cl)c2)c(N)cn1. The van der Waals surface area contributed by atoms with Gasteiger partial charge in [-0.05, 0) is 26.0 Å². The topological polar surface area (TPSA) is 84.9 Å². The number of ether oxygens (including phenoxy) is 1. The summed E-state index contributed by atoms with van der Waals surface area (Å²) in [4.78, 5) is 7.99. The minimum absolute atomic E-state index is 0.00327. The molecule has 20 heavy (non-hydrogen) atoms. The van der Waals surface area contributed by atoms with Crippen molar-refractivity contribution in [1.82, 2.24) is 9.97 Å². The molecule has 0 bridgehead atoms. The number of halogens is 1. The van der Waals surface area contributed by atoms with E-state index in [2.05, 4.69) is 9.97 Å². The molecule has 0 saturated heterocycles. The lowest BCUT2D eigenvalue weighted by molar-refractivity contribution is 0.232. The third-order valence-electron chi connectivity index (χ3n) is 2.55. The van der Waals surface area contributed by atoms with Crippen LogP contribution in [0.15, 0.2) is 30.6 Å². The highest BCUT2D eigenvalue weighted by Crippen LogP contribution is 2.21. The van der Waals surface area contributed by atoms with E-state index in [1.54, 1.807) is 24.4 Å². The molecule has 2 rings (SSSR count). The highest BCUT2D eigenvalue weighted by atomic mass is 35.5. The van der Waals surface area contributed by atoms with Gasteiger partial charge in [0.2, 0.25) is 5.88 Å². The Bertz CT molecular complexity index is 643. The van der Waals surface area contributed by atoms with E-state index in [-0.39, 0.29) is 11.8 Å². The van der Waals surface area contributed by atoms with E-state index in [4.69, 9.17) is 27.5 Å². The van der Waals surface area contributed by atoms with Crippen LogP contribution >= 0.6 is 11.6 Å². The van der Waals surface area contributed by atoms with Crippen LogP contribution in [0.1, 0.15) is 25.0 Å². The second-order valence-electron chi connectivity index (χ2n) is 4.52. The van der Waals surface area contributed by atoms with E-state index in [1.165, 1.54) is 6.20 Å². The van der Waals surface area contributed by atoms with Crippen molar-refractivity contribution >= 4 is 23.0 Å². The van der Waals surface area contributed by atoms with Gasteiger partial charge in [0.1, 0.15) is 5.15 Å². The maximum Gasteiger partial charge on any atom is 0.214 e. The summed E-state index contributed by atoms with van der Waals surface area (Å²) < 4.78 is 5.52. The number of anilines is 1. The monoisotopic (exact) mass is 290 g/mol. The van der Waals surface area contributed by atoms with E-state index >= 15 is 0 Å². The Morgan fingerprint density at radius 2 is 2.10 bits per heavy atom. The summed E-state index contributed by atoms with van der Waals surface area (Å²) in [7, 11) is 0. The molecule has 0 aliphatic carbocycles. The Hall–Kier alpha value is -2.14. The molecular weight excluding hydrogens is 276 g/mol. The van der Waals surface area contributed by atoms with Gasteiger partial charge in [0.05, 0.1) is 23.7 Å². The highest BCUT2D eigenvalue weighted by molar-refractivity contribution is 6.30. The summed E-state index contributed by atoms with van der Waals surface area (Å²) in [5.41, 5.74) is 7.75. The standard InChI is InChI=1S/C14H15ClN4O/c1-8(2)20-13-6-10(11(16)7-19-13)14(17)9-3-4-18-12(15)5-9/h3-8,17H,16H2,1-2H3. The van der Waals surface area contributed by atoms with E-state index in [0.29, 0.717) is 27.8 Å². The van der Waals surface area contributed by atoms with Gasteiger partial charge < -0.3 is 10.5 Å². The summed E-state index contributed by atoms with van der Waals surface area (Å²) >= 11 is 5.84. The van der Waals surface area contributed by atoms with Crippen molar-refractivity contribution in [1.29, 1.82) is 5.41 Å². The van der Waals surface area contributed by atoms with Crippen molar-refractivity contribution in [2.24, 2.45) is 0 Å². The molecule has 0 saturated carbocycles. The highest BCUT2D eigenvalue weighted by Gasteiger charge is 2.12. The second-order valence-corrected chi connectivity index (χ2v) is 4.91. The molecule has 2 heterocycles. The summed E-state index contributed by atoms with van der Waals surface area (Å²) in [6.07, 6.45) is 3.04. The summed E-state index contributed by atoms with van der Waals surface area (Å²) in [6, 6.07) is 4.98. The second kappa shape index (κ2) is 5.88.